The van der Waals surface area contributed by atoms with Crippen molar-refractivity contribution in [2.24, 2.45) is 5.92 Å². The normalized spacial score (nSPS) is 20.4. The zero-order chi connectivity index (χ0) is 22.4. The van der Waals surface area contributed by atoms with Gasteiger partial charge in [-0.15, -0.1) is 0 Å². The zero-order valence-electron chi connectivity index (χ0n) is 16.2. The van der Waals surface area contributed by atoms with E-state index in [0.29, 0.717) is 0 Å². The standard InChI is InChI=1S/C22H15F4N3O3/c23-12-5-6-15(26)21-18(12)17-11(9-31-21)19(17)29-22(30)28-16-7-4-10(8-27-16)32-20-13(24)2-1-3-14(20)25/h1-8,11,17,19H,9H2,(H2,27,28,29,30)/t11-,17-,19?/m0/s1. The quantitative estimate of drug-likeness (QED) is 0.570. The number of carbonyl (C=O) groups is 1. The Bertz CT molecular complexity index is 1190. The van der Waals surface area contributed by atoms with Crippen molar-refractivity contribution in [3.8, 4) is 17.2 Å². The predicted octanol–water partition coefficient (Wildman–Crippen LogP) is 4.73. The third-order valence-electron chi connectivity index (χ3n) is 5.43. The number of para-hydroxylation sites is 1. The van der Waals surface area contributed by atoms with Crippen LogP contribution in [-0.4, -0.2) is 23.7 Å². The van der Waals surface area contributed by atoms with Crippen molar-refractivity contribution in [3.05, 3.63) is 77.5 Å². The van der Waals surface area contributed by atoms with E-state index in [2.05, 4.69) is 15.6 Å². The minimum Gasteiger partial charge on any atom is -0.490 e. The van der Waals surface area contributed by atoms with Gasteiger partial charge in [0.15, 0.2) is 29.0 Å². The summed E-state index contributed by atoms with van der Waals surface area (Å²) in [5, 5.41) is 5.23. The minimum absolute atomic E-state index is 0.0689. The second kappa shape index (κ2) is 7.70. The van der Waals surface area contributed by atoms with Crippen molar-refractivity contribution in [1.29, 1.82) is 0 Å². The smallest absolute Gasteiger partial charge is 0.320 e. The van der Waals surface area contributed by atoms with E-state index in [4.69, 9.17) is 9.47 Å². The van der Waals surface area contributed by atoms with Gasteiger partial charge in [-0.05, 0) is 36.4 Å². The molecule has 0 spiro atoms. The van der Waals surface area contributed by atoms with Gasteiger partial charge < -0.3 is 14.8 Å². The van der Waals surface area contributed by atoms with E-state index in [9.17, 15) is 22.4 Å². The number of carbonyl (C=O) groups excluding carboxylic acids is 1. The number of benzene rings is 2. The first-order valence-electron chi connectivity index (χ1n) is 9.68. The highest BCUT2D eigenvalue weighted by atomic mass is 19.1. The third-order valence-corrected chi connectivity index (χ3v) is 5.43. The van der Waals surface area contributed by atoms with Crippen LogP contribution in [0.4, 0.5) is 28.2 Å². The van der Waals surface area contributed by atoms with Crippen LogP contribution in [0.3, 0.4) is 0 Å². The summed E-state index contributed by atoms with van der Waals surface area (Å²) in [6, 6.07) is 7.14. The van der Waals surface area contributed by atoms with Crippen molar-refractivity contribution in [2.45, 2.75) is 12.0 Å². The average molecular weight is 445 g/mol. The Hall–Kier alpha value is -3.82. The van der Waals surface area contributed by atoms with Crippen LogP contribution in [0.5, 0.6) is 17.2 Å². The monoisotopic (exact) mass is 445 g/mol. The van der Waals surface area contributed by atoms with Crippen LogP contribution < -0.4 is 20.1 Å². The van der Waals surface area contributed by atoms with Crippen LogP contribution in [0.2, 0.25) is 0 Å². The summed E-state index contributed by atoms with van der Waals surface area (Å²) < 4.78 is 65.9. The molecule has 3 aromatic rings. The van der Waals surface area contributed by atoms with Gasteiger partial charge in [-0.1, -0.05) is 6.07 Å². The maximum atomic E-state index is 14.2. The van der Waals surface area contributed by atoms with Gasteiger partial charge in [-0.2, -0.15) is 0 Å². The Morgan fingerprint density at radius 2 is 1.75 bits per heavy atom. The maximum Gasteiger partial charge on any atom is 0.320 e. The highest BCUT2D eigenvalue weighted by Crippen LogP contribution is 2.55. The summed E-state index contributed by atoms with van der Waals surface area (Å²) in [4.78, 5) is 16.3. The highest BCUT2D eigenvalue weighted by molar-refractivity contribution is 5.89. The molecule has 1 aliphatic heterocycles. The second-order valence-corrected chi connectivity index (χ2v) is 7.43. The van der Waals surface area contributed by atoms with Crippen LogP contribution in [0.1, 0.15) is 11.5 Å². The first kappa shape index (κ1) is 20.1. The van der Waals surface area contributed by atoms with Crippen molar-refractivity contribution in [1.82, 2.24) is 10.3 Å². The van der Waals surface area contributed by atoms with Crippen molar-refractivity contribution < 1.29 is 31.8 Å². The molecule has 2 aromatic carbocycles. The van der Waals surface area contributed by atoms with Gasteiger partial charge in [0.2, 0.25) is 0 Å². The Balaban J connectivity index is 1.22. The first-order valence-corrected chi connectivity index (χ1v) is 9.68. The van der Waals surface area contributed by atoms with Crippen LogP contribution in [0.15, 0.2) is 48.7 Å². The summed E-state index contributed by atoms with van der Waals surface area (Å²) in [5.74, 6) is -3.93. The molecular formula is C22H15F4N3O3. The molecule has 1 aromatic heterocycles. The van der Waals surface area contributed by atoms with E-state index < -0.39 is 41.1 Å². The van der Waals surface area contributed by atoms with Crippen LogP contribution in [-0.2, 0) is 0 Å². The zero-order valence-corrected chi connectivity index (χ0v) is 16.2. The van der Waals surface area contributed by atoms with Crippen molar-refractivity contribution in [3.63, 3.8) is 0 Å². The number of hydrogen-bond acceptors (Lipinski definition) is 4. The molecule has 1 fully saturated rings. The van der Waals surface area contributed by atoms with Crippen LogP contribution >= 0.6 is 0 Å². The third kappa shape index (κ3) is 3.57. The molecule has 1 unspecified atom stereocenters. The lowest BCUT2D eigenvalue weighted by atomic mass is 10.0. The van der Waals surface area contributed by atoms with Crippen LogP contribution in [0, 0.1) is 29.2 Å². The van der Waals surface area contributed by atoms with Gasteiger partial charge in [-0.3, -0.25) is 5.32 Å². The Labute approximate surface area is 179 Å². The molecule has 6 nitrogen and oxygen atoms in total. The van der Waals surface area contributed by atoms with Gasteiger partial charge >= 0.3 is 6.03 Å². The number of amides is 2. The highest BCUT2D eigenvalue weighted by Gasteiger charge is 2.57. The molecule has 3 atom stereocenters. The summed E-state index contributed by atoms with van der Waals surface area (Å²) in [5.41, 5.74) is 0.131. The molecule has 2 amide bonds. The number of halogens is 4. The van der Waals surface area contributed by atoms with Gasteiger partial charge in [0.05, 0.1) is 12.8 Å². The van der Waals surface area contributed by atoms with Crippen molar-refractivity contribution in [2.75, 3.05) is 11.9 Å². The first-order chi connectivity index (χ1) is 15.4. The molecule has 0 saturated heterocycles. The topological polar surface area (TPSA) is 72.5 Å². The molecule has 32 heavy (non-hydrogen) atoms. The van der Waals surface area contributed by atoms with Gasteiger partial charge in [-0.25, -0.2) is 27.3 Å². The molecule has 1 saturated carbocycles. The van der Waals surface area contributed by atoms with E-state index in [-0.39, 0.29) is 41.3 Å². The predicted molar refractivity (Wildman–Crippen MR) is 105 cm³/mol. The number of urea groups is 1. The molecule has 10 heteroatoms. The van der Waals surface area contributed by atoms with E-state index >= 15 is 0 Å². The lowest BCUT2D eigenvalue weighted by Gasteiger charge is -2.16. The minimum atomic E-state index is -0.862. The molecule has 164 valence electrons. The van der Waals surface area contributed by atoms with E-state index in [1.807, 2.05) is 0 Å². The number of rotatable bonds is 4. The molecule has 5 rings (SSSR count). The lowest BCUT2D eigenvalue weighted by molar-refractivity contribution is 0.247. The number of hydrogen-bond donors (Lipinski definition) is 2. The fourth-order valence-electron chi connectivity index (χ4n) is 3.87. The van der Waals surface area contributed by atoms with E-state index in [1.165, 1.54) is 24.4 Å². The molecule has 2 heterocycles. The second-order valence-electron chi connectivity index (χ2n) is 7.43. The fourth-order valence-corrected chi connectivity index (χ4v) is 3.87. The SMILES string of the molecule is O=C(Nc1ccc(Oc2c(F)cccc2F)cn1)NC1[C@H]2COc3c(F)ccc(F)c3[C@@H]12. The van der Waals surface area contributed by atoms with E-state index in [1.54, 1.807) is 0 Å². The summed E-state index contributed by atoms with van der Waals surface area (Å²) in [6.45, 7) is 0.167. The molecular weight excluding hydrogens is 430 g/mol. The molecule has 0 bridgehead atoms. The maximum absolute atomic E-state index is 14.2. The number of ether oxygens (including phenoxy) is 2. The number of pyridine rings is 1. The average Bonchev–Trinajstić information content (AvgIpc) is 3.47. The Morgan fingerprint density at radius 3 is 2.47 bits per heavy atom. The van der Waals surface area contributed by atoms with Crippen LogP contribution in [0.25, 0.3) is 0 Å². The molecule has 0 radical (unpaired) electrons. The fraction of sp³-hybridized carbons (Fsp3) is 0.182. The van der Waals surface area contributed by atoms with Gasteiger partial charge in [0.1, 0.15) is 17.4 Å². The largest absolute Gasteiger partial charge is 0.490 e. The van der Waals surface area contributed by atoms with Crippen molar-refractivity contribution >= 4 is 11.8 Å². The van der Waals surface area contributed by atoms with Gasteiger partial charge in [0, 0.05) is 23.4 Å². The number of nitrogens with one attached hydrogen (secondary N) is 2. The van der Waals surface area contributed by atoms with E-state index in [0.717, 1.165) is 24.3 Å². The molecule has 1 aliphatic carbocycles. The number of fused-ring (bicyclic) bond motifs is 3. The summed E-state index contributed by atoms with van der Waals surface area (Å²) in [6.07, 6.45) is 1.20. The summed E-state index contributed by atoms with van der Waals surface area (Å²) in [7, 11) is 0. The number of nitrogens with zero attached hydrogens (tertiary/aromatic N) is 1. The lowest BCUT2D eigenvalue weighted by Crippen LogP contribution is -2.32. The molecule has 2 aliphatic rings. The number of anilines is 1. The number of aromatic nitrogens is 1. The Kier molecular flexibility index (Phi) is 4.84. The summed E-state index contributed by atoms with van der Waals surface area (Å²) >= 11 is 0. The Morgan fingerprint density at radius 1 is 1.00 bits per heavy atom. The molecule has 2 N–H and O–H groups in total. The van der Waals surface area contributed by atoms with Gasteiger partial charge in [0.25, 0.3) is 0 Å².